The van der Waals surface area contributed by atoms with Gasteiger partial charge in [0, 0.05) is 27.5 Å². The normalized spacial score (nSPS) is 11.4. The van der Waals surface area contributed by atoms with Gasteiger partial charge in [-0.2, -0.15) is 0 Å². The van der Waals surface area contributed by atoms with Gasteiger partial charge in [-0.3, -0.25) is 0 Å². The van der Waals surface area contributed by atoms with Crippen LogP contribution in [0.15, 0.2) is 168 Å². The molecule has 47 heavy (non-hydrogen) atoms. The molecule has 0 fully saturated rings. The zero-order valence-corrected chi connectivity index (χ0v) is 25.3. The van der Waals surface area contributed by atoms with Crippen LogP contribution in [0.3, 0.4) is 0 Å². The molecule has 0 N–H and O–H groups in total. The van der Waals surface area contributed by atoms with E-state index in [1.54, 1.807) is 0 Å². The fourth-order valence-electron chi connectivity index (χ4n) is 6.35. The lowest BCUT2D eigenvalue weighted by molar-refractivity contribution is 0.669. The van der Waals surface area contributed by atoms with Crippen molar-refractivity contribution in [2.75, 3.05) is 0 Å². The maximum absolute atomic E-state index is 6.44. The third kappa shape index (κ3) is 4.93. The molecule has 0 aliphatic carbocycles. The van der Waals surface area contributed by atoms with Gasteiger partial charge in [0.15, 0.2) is 17.5 Å². The summed E-state index contributed by atoms with van der Waals surface area (Å²) < 4.78 is 6.44. The van der Waals surface area contributed by atoms with E-state index in [-0.39, 0.29) is 0 Å². The number of aromatic nitrogens is 3. The van der Waals surface area contributed by atoms with Crippen molar-refractivity contribution in [3.8, 4) is 56.4 Å². The highest BCUT2D eigenvalue weighted by molar-refractivity contribution is 6.13. The van der Waals surface area contributed by atoms with Crippen molar-refractivity contribution in [1.82, 2.24) is 15.0 Å². The Balaban J connectivity index is 1.29. The average Bonchev–Trinajstić information content (AvgIpc) is 3.53. The number of nitrogens with zero attached hydrogens (tertiary/aromatic N) is 3. The summed E-state index contributed by atoms with van der Waals surface area (Å²) in [6.07, 6.45) is 0. The van der Waals surface area contributed by atoms with E-state index in [0.29, 0.717) is 17.5 Å². The molecular formula is C43H27N3O. The molecule has 0 atom stereocenters. The molecule has 9 rings (SSSR count). The first kappa shape index (κ1) is 27.0. The Labute approximate surface area is 271 Å². The number of furan rings is 1. The van der Waals surface area contributed by atoms with Crippen molar-refractivity contribution in [2.45, 2.75) is 0 Å². The third-order valence-corrected chi connectivity index (χ3v) is 8.72. The summed E-state index contributed by atoms with van der Waals surface area (Å²) in [5, 5.41) is 4.32. The molecule has 4 nitrogen and oxygen atoms in total. The van der Waals surface area contributed by atoms with Gasteiger partial charge in [0.1, 0.15) is 11.2 Å². The minimum absolute atomic E-state index is 0.597. The monoisotopic (exact) mass is 601 g/mol. The largest absolute Gasteiger partial charge is 0.456 e. The fourth-order valence-corrected chi connectivity index (χ4v) is 6.35. The molecule has 7 aromatic carbocycles. The summed E-state index contributed by atoms with van der Waals surface area (Å²) in [7, 11) is 0. The van der Waals surface area contributed by atoms with E-state index >= 15 is 0 Å². The second-order valence-corrected chi connectivity index (χ2v) is 11.7. The summed E-state index contributed by atoms with van der Waals surface area (Å²) in [6, 6.07) is 56.3. The van der Waals surface area contributed by atoms with Crippen LogP contribution in [0.2, 0.25) is 0 Å². The van der Waals surface area contributed by atoms with E-state index < -0.39 is 0 Å². The number of rotatable bonds is 5. The van der Waals surface area contributed by atoms with Crippen LogP contribution in [0.5, 0.6) is 0 Å². The van der Waals surface area contributed by atoms with E-state index in [9.17, 15) is 0 Å². The zero-order chi connectivity index (χ0) is 31.2. The Kier molecular flexibility index (Phi) is 6.43. The molecule has 0 radical (unpaired) electrons. The molecular weight excluding hydrogens is 574 g/mol. The molecule has 0 bridgehead atoms. The molecule has 0 saturated carbocycles. The lowest BCUT2D eigenvalue weighted by Crippen LogP contribution is -2.01. The van der Waals surface area contributed by atoms with Gasteiger partial charge in [-0.15, -0.1) is 0 Å². The first-order valence-electron chi connectivity index (χ1n) is 15.7. The van der Waals surface area contributed by atoms with Crippen LogP contribution in [0.4, 0.5) is 0 Å². The first-order chi connectivity index (χ1) is 23.3. The van der Waals surface area contributed by atoms with Crippen LogP contribution in [-0.2, 0) is 0 Å². The minimum atomic E-state index is 0.597. The molecule has 2 heterocycles. The molecule has 0 saturated heterocycles. The molecule has 0 unspecified atom stereocenters. The summed E-state index contributed by atoms with van der Waals surface area (Å²) in [4.78, 5) is 15.4. The third-order valence-electron chi connectivity index (χ3n) is 8.72. The van der Waals surface area contributed by atoms with Crippen LogP contribution in [0.25, 0.3) is 89.1 Å². The summed E-state index contributed by atoms with van der Waals surface area (Å²) in [6.45, 7) is 0. The highest BCUT2D eigenvalue weighted by Gasteiger charge is 2.20. The van der Waals surface area contributed by atoms with Gasteiger partial charge in [-0.25, -0.2) is 15.0 Å². The standard InChI is InChI=1S/C43H27N3O/c1-3-11-28(12-4-1)31-19-22-32(23-20-31)41-44-42(34-24-21-30-15-7-8-16-33(30)25-34)46-43(45-41)37-26-35(29-13-5-2-6-14-29)27-39-40(37)36-17-9-10-18-38(36)47-39/h1-27H. The summed E-state index contributed by atoms with van der Waals surface area (Å²) in [5.41, 5.74) is 8.81. The van der Waals surface area contributed by atoms with Crippen molar-refractivity contribution < 1.29 is 4.42 Å². The van der Waals surface area contributed by atoms with Gasteiger partial charge in [-0.1, -0.05) is 140 Å². The molecule has 220 valence electrons. The van der Waals surface area contributed by atoms with E-state index in [0.717, 1.165) is 60.7 Å². The first-order valence-corrected chi connectivity index (χ1v) is 15.7. The Morgan fingerprint density at radius 1 is 0.340 bits per heavy atom. The average molecular weight is 602 g/mol. The topological polar surface area (TPSA) is 51.8 Å². The Morgan fingerprint density at radius 2 is 0.894 bits per heavy atom. The number of fused-ring (bicyclic) bond motifs is 4. The van der Waals surface area contributed by atoms with E-state index in [2.05, 4.69) is 133 Å². The molecule has 0 aliphatic rings. The molecule has 4 heteroatoms. The van der Waals surface area contributed by atoms with Crippen LogP contribution in [-0.4, -0.2) is 15.0 Å². The Hall–Kier alpha value is -6.39. The highest BCUT2D eigenvalue weighted by atomic mass is 16.3. The highest BCUT2D eigenvalue weighted by Crippen LogP contribution is 2.40. The van der Waals surface area contributed by atoms with E-state index in [1.807, 2.05) is 30.3 Å². The van der Waals surface area contributed by atoms with Gasteiger partial charge in [0.25, 0.3) is 0 Å². The van der Waals surface area contributed by atoms with E-state index in [1.165, 1.54) is 10.9 Å². The molecule has 2 aromatic heterocycles. The van der Waals surface area contributed by atoms with Crippen molar-refractivity contribution >= 4 is 32.7 Å². The maximum atomic E-state index is 6.44. The van der Waals surface area contributed by atoms with Gasteiger partial charge in [-0.05, 0) is 57.3 Å². The minimum Gasteiger partial charge on any atom is -0.456 e. The van der Waals surface area contributed by atoms with Crippen molar-refractivity contribution in [2.24, 2.45) is 0 Å². The number of para-hydroxylation sites is 1. The molecule has 9 aromatic rings. The number of hydrogen-bond donors (Lipinski definition) is 0. The van der Waals surface area contributed by atoms with Crippen LogP contribution < -0.4 is 0 Å². The van der Waals surface area contributed by atoms with Crippen LogP contribution >= 0.6 is 0 Å². The molecule has 0 aliphatic heterocycles. The van der Waals surface area contributed by atoms with Crippen molar-refractivity contribution in [1.29, 1.82) is 0 Å². The summed E-state index contributed by atoms with van der Waals surface area (Å²) >= 11 is 0. The number of hydrogen-bond acceptors (Lipinski definition) is 4. The van der Waals surface area contributed by atoms with Crippen LogP contribution in [0, 0.1) is 0 Å². The zero-order valence-electron chi connectivity index (χ0n) is 25.3. The quantitative estimate of drug-likeness (QED) is 0.197. The Bertz CT molecular complexity index is 2550. The Morgan fingerprint density at radius 3 is 1.66 bits per heavy atom. The SMILES string of the molecule is c1ccc(-c2ccc(-c3nc(-c4ccc5ccccc5c4)nc(-c4cc(-c5ccccc5)cc5oc6ccccc6c45)n3)cc2)cc1. The van der Waals surface area contributed by atoms with Crippen LogP contribution in [0.1, 0.15) is 0 Å². The lowest BCUT2D eigenvalue weighted by Gasteiger charge is -2.12. The molecule has 0 spiro atoms. The van der Waals surface area contributed by atoms with E-state index in [4.69, 9.17) is 19.4 Å². The van der Waals surface area contributed by atoms with Gasteiger partial charge < -0.3 is 4.42 Å². The smallest absolute Gasteiger partial charge is 0.164 e. The summed E-state index contributed by atoms with van der Waals surface area (Å²) in [5.74, 6) is 1.83. The van der Waals surface area contributed by atoms with Crippen molar-refractivity contribution in [3.63, 3.8) is 0 Å². The van der Waals surface area contributed by atoms with Gasteiger partial charge in [0.05, 0.1) is 0 Å². The predicted molar refractivity (Wildman–Crippen MR) is 192 cm³/mol. The second-order valence-electron chi connectivity index (χ2n) is 11.7. The van der Waals surface area contributed by atoms with Gasteiger partial charge in [0.2, 0.25) is 0 Å². The number of benzene rings is 7. The van der Waals surface area contributed by atoms with Gasteiger partial charge >= 0.3 is 0 Å². The van der Waals surface area contributed by atoms with Crippen molar-refractivity contribution in [3.05, 3.63) is 164 Å². The second kappa shape index (κ2) is 11.2. The lowest BCUT2D eigenvalue weighted by atomic mass is 9.98. The predicted octanol–water partition coefficient (Wildman–Crippen LogP) is 11.3. The fraction of sp³-hybridized carbons (Fsp3) is 0. The molecule has 0 amide bonds. The maximum Gasteiger partial charge on any atom is 0.164 e.